The van der Waals surface area contributed by atoms with Gasteiger partial charge in [0.1, 0.15) is 0 Å². The summed E-state index contributed by atoms with van der Waals surface area (Å²) in [6.07, 6.45) is 6.35. The Labute approximate surface area is 104 Å². The van der Waals surface area contributed by atoms with Crippen molar-refractivity contribution in [1.29, 1.82) is 0 Å². The molecule has 2 unspecified atom stereocenters. The molecular weight excluding hydrogens is 218 g/mol. The first-order chi connectivity index (χ1) is 8.20. The molecule has 1 aliphatic heterocycles. The van der Waals surface area contributed by atoms with Crippen molar-refractivity contribution in [3.8, 4) is 0 Å². The zero-order valence-corrected chi connectivity index (χ0v) is 11.0. The van der Waals surface area contributed by atoms with Crippen LogP contribution in [-0.4, -0.2) is 43.2 Å². The molecule has 1 aliphatic rings. The summed E-state index contributed by atoms with van der Waals surface area (Å²) in [6, 6.07) is 0. The molecule has 1 saturated heterocycles. The van der Waals surface area contributed by atoms with Gasteiger partial charge >= 0.3 is 0 Å². The maximum absolute atomic E-state index is 9.16. The fourth-order valence-corrected chi connectivity index (χ4v) is 2.05. The van der Waals surface area contributed by atoms with Crippen molar-refractivity contribution in [2.24, 2.45) is 5.73 Å². The first kappa shape index (κ1) is 14.9. The van der Waals surface area contributed by atoms with Crippen molar-refractivity contribution in [3.05, 3.63) is 0 Å². The quantitative estimate of drug-likeness (QED) is 0.635. The molecule has 0 radical (unpaired) electrons. The van der Waals surface area contributed by atoms with E-state index >= 15 is 0 Å². The average Bonchev–Trinajstić information content (AvgIpc) is 2.39. The maximum Gasteiger partial charge on any atom is 0.0808 e. The molecule has 0 amide bonds. The Morgan fingerprint density at radius 3 is 2.88 bits per heavy atom. The molecule has 0 aromatic heterocycles. The number of nitrogens with two attached hydrogens (primary N) is 1. The Morgan fingerprint density at radius 2 is 2.29 bits per heavy atom. The lowest BCUT2D eigenvalue weighted by Gasteiger charge is -2.26. The number of aliphatic hydroxyl groups excluding tert-OH is 1. The average molecular weight is 245 g/mol. The topological polar surface area (TPSA) is 64.7 Å². The zero-order chi connectivity index (χ0) is 12.6. The van der Waals surface area contributed by atoms with Gasteiger partial charge in [0, 0.05) is 18.8 Å². The van der Waals surface area contributed by atoms with Crippen LogP contribution < -0.4 is 5.73 Å². The predicted octanol–water partition coefficient (Wildman–Crippen LogP) is 1.45. The molecule has 4 nitrogen and oxygen atoms in total. The SMILES string of the molecule is CCC(N)(CO)CCCOCC1CCCCO1. The standard InChI is InChI=1S/C13H27NO3/c1-2-13(14,11-15)7-5-8-16-10-12-6-3-4-9-17-12/h12,15H,2-11,14H2,1H3. The molecule has 0 saturated carbocycles. The zero-order valence-electron chi connectivity index (χ0n) is 11.0. The molecule has 0 aliphatic carbocycles. The van der Waals surface area contributed by atoms with Gasteiger partial charge in [-0.2, -0.15) is 0 Å². The minimum Gasteiger partial charge on any atom is -0.394 e. The van der Waals surface area contributed by atoms with Gasteiger partial charge in [-0.05, 0) is 38.5 Å². The molecule has 0 bridgehead atoms. The van der Waals surface area contributed by atoms with Crippen LogP contribution in [0.25, 0.3) is 0 Å². The van der Waals surface area contributed by atoms with Crippen molar-refractivity contribution in [2.45, 2.75) is 57.1 Å². The number of ether oxygens (including phenoxy) is 2. The summed E-state index contributed by atoms with van der Waals surface area (Å²) >= 11 is 0. The van der Waals surface area contributed by atoms with Crippen LogP contribution in [0.3, 0.4) is 0 Å². The molecule has 4 heteroatoms. The van der Waals surface area contributed by atoms with Crippen molar-refractivity contribution >= 4 is 0 Å². The summed E-state index contributed by atoms with van der Waals surface area (Å²) in [4.78, 5) is 0. The summed E-state index contributed by atoms with van der Waals surface area (Å²) in [5, 5.41) is 9.16. The van der Waals surface area contributed by atoms with Crippen molar-refractivity contribution in [2.75, 3.05) is 26.4 Å². The second-order valence-corrected chi connectivity index (χ2v) is 5.04. The normalized spacial score (nSPS) is 24.5. The van der Waals surface area contributed by atoms with Crippen molar-refractivity contribution < 1.29 is 14.6 Å². The van der Waals surface area contributed by atoms with Crippen LogP contribution in [0.2, 0.25) is 0 Å². The minimum atomic E-state index is -0.426. The van der Waals surface area contributed by atoms with E-state index in [1.807, 2.05) is 6.92 Å². The van der Waals surface area contributed by atoms with Crippen LogP contribution in [0.1, 0.15) is 45.4 Å². The van der Waals surface area contributed by atoms with E-state index in [1.165, 1.54) is 12.8 Å². The highest BCUT2D eigenvalue weighted by atomic mass is 16.5. The smallest absolute Gasteiger partial charge is 0.0808 e. The van der Waals surface area contributed by atoms with Crippen LogP contribution in [0.15, 0.2) is 0 Å². The molecular formula is C13H27NO3. The fourth-order valence-electron chi connectivity index (χ4n) is 2.05. The molecule has 1 heterocycles. The van der Waals surface area contributed by atoms with Crippen LogP contribution >= 0.6 is 0 Å². The third-order valence-corrected chi connectivity index (χ3v) is 3.56. The lowest BCUT2D eigenvalue weighted by molar-refractivity contribution is -0.0418. The second-order valence-electron chi connectivity index (χ2n) is 5.04. The van der Waals surface area contributed by atoms with Crippen LogP contribution in [0.5, 0.6) is 0 Å². The van der Waals surface area contributed by atoms with Gasteiger partial charge in [0.2, 0.25) is 0 Å². The van der Waals surface area contributed by atoms with Gasteiger partial charge in [0.05, 0.1) is 19.3 Å². The van der Waals surface area contributed by atoms with E-state index in [0.717, 1.165) is 32.3 Å². The van der Waals surface area contributed by atoms with Crippen LogP contribution in [0.4, 0.5) is 0 Å². The Bertz CT molecular complexity index is 189. The van der Waals surface area contributed by atoms with E-state index < -0.39 is 5.54 Å². The van der Waals surface area contributed by atoms with E-state index in [4.69, 9.17) is 20.3 Å². The third kappa shape index (κ3) is 5.82. The van der Waals surface area contributed by atoms with Gasteiger partial charge in [-0.25, -0.2) is 0 Å². The number of hydrogen-bond acceptors (Lipinski definition) is 4. The Hall–Kier alpha value is -0.160. The second kappa shape index (κ2) is 8.03. The lowest BCUT2D eigenvalue weighted by Crippen LogP contribution is -2.43. The highest BCUT2D eigenvalue weighted by Crippen LogP contribution is 2.15. The molecule has 0 aromatic rings. The first-order valence-electron chi connectivity index (χ1n) is 6.79. The summed E-state index contributed by atoms with van der Waals surface area (Å²) in [5.41, 5.74) is 5.57. The Morgan fingerprint density at radius 1 is 1.47 bits per heavy atom. The maximum atomic E-state index is 9.16. The van der Waals surface area contributed by atoms with E-state index in [1.54, 1.807) is 0 Å². The molecule has 3 N–H and O–H groups in total. The van der Waals surface area contributed by atoms with Crippen molar-refractivity contribution in [3.63, 3.8) is 0 Å². The first-order valence-corrected chi connectivity index (χ1v) is 6.79. The molecule has 1 fully saturated rings. The van der Waals surface area contributed by atoms with E-state index in [2.05, 4.69) is 0 Å². The molecule has 17 heavy (non-hydrogen) atoms. The van der Waals surface area contributed by atoms with Crippen LogP contribution in [0, 0.1) is 0 Å². The molecule has 1 rings (SSSR count). The monoisotopic (exact) mass is 245 g/mol. The van der Waals surface area contributed by atoms with Gasteiger partial charge in [0.25, 0.3) is 0 Å². The summed E-state index contributed by atoms with van der Waals surface area (Å²) < 4.78 is 11.2. The van der Waals surface area contributed by atoms with E-state index in [0.29, 0.717) is 13.2 Å². The Kier molecular flexibility index (Phi) is 7.04. The number of aliphatic hydroxyl groups is 1. The molecule has 0 spiro atoms. The van der Waals surface area contributed by atoms with Gasteiger partial charge in [-0.3, -0.25) is 0 Å². The number of rotatable bonds is 8. The minimum absolute atomic E-state index is 0.0508. The highest BCUT2D eigenvalue weighted by molar-refractivity contribution is 4.81. The Balaban J connectivity index is 2.00. The van der Waals surface area contributed by atoms with E-state index in [9.17, 15) is 0 Å². The van der Waals surface area contributed by atoms with Crippen LogP contribution in [-0.2, 0) is 9.47 Å². The largest absolute Gasteiger partial charge is 0.394 e. The number of hydrogen-bond donors (Lipinski definition) is 2. The van der Waals surface area contributed by atoms with Gasteiger partial charge in [0.15, 0.2) is 0 Å². The van der Waals surface area contributed by atoms with E-state index in [-0.39, 0.29) is 12.7 Å². The molecule has 2 atom stereocenters. The molecule has 102 valence electrons. The summed E-state index contributed by atoms with van der Waals surface area (Å²) in [5.74, 6) is 0. The predicted molar refractivity (Wildman–Crippen MR) is 67.9 cm³/mol. The third-order valence-electron chi connectivity index (χ3n) is 3.56. The van der Waals surface area contributed by atoms with Gasteiger partial charge in [-0.15, -0.1) is 0 Å². The fraction of sp³-hybridized carbons (Fsp3) is 1.00. The van der Waals surface area contributed by atoms with Gasteiger partial charge in [-0.1, -0.05) is 6.92 Å². The summed E-state index contributed by atoms with van der Waals surface area (Å²) in [7, 11) is 0. The van der Waals surface area contributed by atoms with Crippen molar-refractivity contribution in [1.82, 2.24) is 0 Å². The summed E-state index contributed by atoms with van der Waals surface area (Å²) in [6.45, 7) is 4.34. The lowest BCUT2D eigenvalue weighted by atomic mass is 9.93. The highest BCUT2D eigenvalue weighted by Gasteiger charge is 2.20. The molecule has 0 aromatic carbocycles. The van der Waals surface area contributed by atoms with Gasteiger partial charge < -0.3 is 20.3 Å².